The molecule has 5 nitrogen and oxygen atoms in total. The number of aromatic nitrogens is 3. The Labute approximate surface area is 176 Å². The molecule has 160 valence electrons. The number of aromatic hydroxyl groups is 1. The van der Waals surface area contributed by atoms with Crippen molar-refractivity contribution in [1.82, 2.24) is 15.0 Å². The second kappa shape index (κ2) is 14.8. The molecule has 0 radical (unpaired) electrons. The van der Waals surface area contributed by atoms with Gasteiger partial charge in [-0.05, 0) is 18.6 Å². The monoisotopic (exact) mass is 399 g/mol. The Kier molecular flexibility index (Phi) is 11.8. The molecule has 0 aliphatic heterocycles. The number of rotatable bonds is 16. The van der Waals surface area contributed by atoms with Crippen LogP contribution in [0.25, 0.3) is 11.4 Å². The van der Waals surface area contributed by atoms with Crippen LogP contribution in [0.15, 0.2) is 30.9 Å². The maximum atomic E-state index is 10.2. The minimum absolute atomic E-state index is 0.124. The van der Waals surface area contributed by atoms with Gasteiger partial charge in [0.1, 0.15) is 24.2 Å². The molecule has 0 aliphatic rings. The van der Waals surface area contributed by atoms with Gasteiger partial charge in [-0.2, -0.15) is 0 Å². The molecule has 0 aliphatic carbocycles. The van der Waals surface area contributed by atoms with Crippen LogP contribution in [0.2, 0.25) is 0 Å². The van der Waals surface area contributed by atoms with Crippen LogP contribution in [-0.2, 0) is 0 Å². The lowest BCUT2D eigenvalue weighted by molar-refractivity contribution is 0.302. The van der Waals surface area contributed by atoms with E-state index < -0.39 is 0 Å². The summed E-state index contributed by atoms with van der Waals surface area (Å²) < 4.78 is 5.76. The topological polar surface area (TPSA) is 68.1 Å². The molecule has 2 rings (SSSR count). The lowest BCUT2D eigenvalue weighted by Crippen LogP contribution is -1.98. The number of nitrogens with zero attached hydrogens (tertiary/aromatic N) is 3. The average molecular weight is 400 g/mol. The van der Waals surface area contributed by atoms with Gasteiger partial charge < -0.3 is 9.84 Å². The van der Waals surface area contributed by atoms with Gasteiger partial charge in [0.05, 0.1) is 12.2 Å². The first-order valence-electron chi connectivity index (χ1n) is 11.4. The van der Waals surface area contributed by atoms with Crippen molar-refractivity contribution in [2.45, 2.75) is 90.4 Å². The Bertz CT molecular complexity index is 664. The summed E-state index contributed by atoms with van der Waals surface area (Å²) in [7, 11) is 0. The standard InChI is InChI=1S/C24H37N3O2/c1-2-3-4-5-6-7-8-9-10-11-12-13-14-17-29-21-15-16-22(23(28)18-21)24-26-19-25-20-27-24/h15-16,18-20,28H,2-14,17H2,1H3. The molecule has 1 heterocycles. The summed E-state index contributed by atoms with van der Waals surface area (Å²) in [6.45, 7) is 2.95. The van der Waals surface area contributed by atoms with E-state index in [1.54, 1.807) is 12.1 Å². The minimum atomic E-state index is 0.124. The van der Waals surface area contributed by atoms with E-state index in [4.69, 9.17) is 4.74 Å². The summed E-state index contributed by atoms with van der Waals surface area (Å²) in [6.07, 6.45) is 20.3. The lowest BCUT2D eigenvalue weighted by atomic mass is 10.0. The van der Waals surface area contributed by atoms with Crippen LogP contribution in [0.4, 0.5) is 0 Å². The highest BCUT2D eigenvalue weighted by Crippen LogP contribution is 2.30. The first-order chi connectivity index (χ1) is 14.3. The molecule has 29 heavy (non-hydrogen) atoms. The third kappa shape index (κ3) is 9.73. The van der Waals surface area contributed by atoms with Crippen LogP contribution in [0, 0.1) is 0 Å². The van der Waals surface area contributed by atoms with Crippen molar-refractivity contribution in [2.75, 3.05) is 6.61 Å². The Balaban J connectivity index is 1.47. The predicted molar refractivity (Wildman–Crippen MR) is 118 cm³/mol. The molecule has 0 bridgehead atoms. The number of hydrogen-bond donors (Lipinski definition) is 1. The van der Waals surface area contributed by atoms with Gasteiger partial charge in [-0.25, -0.2) is 15.0 Å². The molecule has 0 unspecified atom stereocenters. The minimum Gasteiger partial charge on any atom is -0.507 e. The molecule has 0 fully saturated rings. The lowest BCUT2D eigenvalue weighted by Gasteiger charge is -2.08. The highest BCUT2D eigenvalue weighted by molar-refractivity contribution is 5.64. The zero-order valence-corrected chi connectivity index (χ0v) is 18.0. The van der Waals surface area contributed by atoms with Crippen LogP contribution in [-0.4, -0.2) is 26.7 Å². The maximum absolute atomic E-state index is 10.2. The van der Waals surface area contributed by atoms with Gasteiger partial charge in [-0.15, -0.1) is 0 Å². The van der Waals surface area contributed by atoms with Gasteiger partial charge in [0.2, 0.25) is 0 Å². The summed E-state index contributed by atoms with van der Waals surface area (Å²) in [5.41, 5.74) is 0.584. The van der Waals surface area contributed by atoms with Crippen molar-refractivity contribution in [3.05, 3.63) is 30.9 Å². The summed E-state index contributed by atoms with van der Waals surface area (Å²) in [5, 5.41) is 10.2. The van der Waals surface area contributed by atoms with Gasteiger partial charge in [0.25, 0.3) is 0 Å². The second-order valence-corrected chi connectivity index (χ2v) is 7.73. The molecule has 0 saturated carbocycles. The third-order valence-electron chi connectivity index (χ3n) is 5.22. The van der Waals surface area contributed by atoms with Crippen molar-refractivity contribution in [1.29, 1.82) is 0 Å². The molecule has 0 atom stereocenters. The normalized spacial score (nSPS) is 10.9. The van der Waals surface area contributed by atoms with Crippen molar-refractivity contribution in [3.8, 4) is 22.9 Å². The van der Waals surface area contributed by atoms with Crippen LogP contribution >= 0.6 is 0 Å². The average Bonchev–Trinajstić information content (AvgIpc) is 2.74. The largest absolute Gasteiger partial charge is 0.507 e. The summed E-state index contributed by atoms with van der Waals surface area (Å²) >= 11 is 0. The van der Waals surface area contributed by atoms with Crippen LogP contribution in [0.1, 0.15) is 90.4 Å². The Morgan fingerprint density at radius 2 is 1.31 bits per heavy atom. The zero-order valence-electron chi connectivity index (χ0n) is 18.0. The van der Waals surface area contributed by atoms with E-state index in [2.05, 4.69) is 21.9 Å². The Morgan fingerprint density at radius 1 is 0.759 bits per heavy atom. The fraction of sp³-hybridized carbons (Fsp3) is 0.625. The van der Waals surface area contributed by atoms with Crippen molar-refractivity contribution < 1.29 is 9.84 Å². The highest BCUT2D eigenvalue weighted by Gasteiger charge is 2.08. The maximum Gasteiger partial charge on any atom is 0.166 e. The van der Waals surface area contributed by atoms with Gasteiger partial charge in [-0.1, -0.05) is 84.0 Å². The quantitative estimate of drug-likeness (QED) is 0.318. The molecule has 5 heteroatoms. The van der Waals surface area contributed by atoms with E-state index in [0.29, 0.717) is 23.7 Å². The van der Waals surface area contributed by atoms with Crippen LogP contribution in [0.5, 0.6) is 11.5 Å². The number of unbranched alkanes of at least 4 members (excludes halogenated alkanes) is 12. The Hall–Kier alpha value is -2.17. The summed E-state index contributed by atoms with van der Waals surface area (Å²) in [5.74, 6) is 1.26. The van der Waals surface area contributed by atoms with Crippen molar-refractivity contribution in [2.24, 2.45) is 0 Å². The van der Waals surface area contributed by atoms with E-state index in [9.17, 15) is 5.11 Å². The van der Waals surface area contributed by atoms with Gasteiger partial charge >= 0.3 is 0 Å². The first-order valence-corrected chi connectivity index (χ1v) is 11.4. The van der Waals surface area contributed by atoms with E-state index in [1.807, 2.05) is 6.07 Å². The number of benzene rings is 1. The second-order valence-electron chi connectivity index (χ2n) is 7.73. The molecule has 1 N–H and O–H groups in total. The molecular formula is C24H37N3O2. The van der Waals surface area contributed by atoms with Gasteiger partial charge in [-0.3, -0.25) is 0 Å². The highest BCUT2D eigenvalue weighted by atomic mass is 16.5. The number of ether oxygens (including phenoxy) is 1. The Morgan fingerprint density at radius 3 is 1.86 bits per heavy atom. The van der Waals surface area contributed by atoms with E-state index in [-0.39, 0.29) is 5.75 Å². The molecule has 2 aromatic rings. The third-order valence-corrected chi connectivity index (χ3v) is 5.22. The summed E-state index contributed by atoms with van der Waals surface area (Å²) in [4.78, 5) is 11.9. The van der Waals surface area contributed by atoms with E-state index >= 15 is 0 Å². The fourth-order valence-electron chi connectivity index (χ4n) is 3.48. The van der Waals surface area contributed by atoms with E-state index in [1.165, 1.54) is 89.7 Å². The van der Waals surface area contributed by atoms with Crippen LogP contribution < -0.4 is 4.74 Å². The van der Waals surface area contributed by atoms with Crippen LogP contribution in [0.3, 0.4) is 0 Å². The van der Waals surface area contributed by atoms with Gasteiger partial charge in [0.15, 0.2) is 5.82 Å². The van der Waals surface area contributed by atoms with Gasteiger partial charge in [0, 0.05) is 6.07 Å². The molecule has 1 aromatic carbocycles. The molecule has 0 spiro atoms. The number of phenolic OH excluding ortho intramolecular Hbond substituents is 1. The van der Waals surface area contributed by atoms with Crippen molar-refractivity contribution >= 4 is 0 Å². The van der Waals surface area contributed by atoms with E-state index in [0.717, 1.165) is 6.42 Å². The predicted octanol–water partition coefficient (Wildman–Crippen LogP) is 6.71. The zero-order chi connectivity index (χ0) is 20.6. The molecule has 1 aromatic heterocycles. The molecule has 0 amide bonds. The number of phenols is 1. The smallest absolute Gasteiger partial charge is 0.166 e. The number of hydrogen-bond acceptors (Lipinski definition) is 5. The fourth-order valence-corrected chi connectivity index (χ4v) is 3.48. The summed E-state index contributed by atoms with van der Waals surface area (Å²) in [6, 6.07) is 5.26. The first kappa shape index (κ1) is 23.1. The molecule has 0 saturated heterocycles. The van der Waals surface area contributed by atoms with Crippen molar-refractivity contribution in [3.63, 3.8) is 0 Å². The molecular weight excluding hydrogens is 362 g/mol. The SMILES string of the molecule is CCCCCCCCCCCCCCCOc1ccc(-c2ncncn2)c(O)c1.